The summed E-state index contributed by atoms with van der Waals surface area (Å²) >= 11 is 1.35. The predicted molar refractivity (Wildman–Crippen MR) is 129 cm³/mol. The Bertz CT molecular complexity index is 1120. The lowest BCUT2D eigenvalue weighted by atomic mass is 10.1. The first-order valence-electron chi connectivity index (χ1n) is 10.5. The number of aliphatic imine (C=N–C) groups is 1. The third-order valence-electron chi connectivity index (χ3n) is 4.81. The number of amidine groups is 2. The fourth-order valence-corrected chi connectivity index (χ4v) is 4.17. The van der Waals surface area contributed by atoms with Gasteiger partial charge in [0.15, 0.2) is 5.84 Å². The molecule has 164 valence electrons. The Morgan fingerprint density at radius 2 is 1.84 bits per heavy atom. The van der Waals surface area contributed by atoms with E-state index >= 15 is 0 Å². The Labute approximate surface area is 191 Å². The number of fused-ring (bicyclic) bond motifs is 1. The summed E-state index contributed by atoms with van der Waals surface area (Å²) in [7, 11) is 0. The van der Waals surface area contributed by atoms with E-state index in [1.54, 1.807) is 6.08 Å². The van der Waals surface area contributed by atoms with Crippen molar-refractivity contribution >= 4 is 39.8 Å². The van der Waals surface area contributed by atoms with Crippen LogP contribution >= 0.6 is 11.8 Å². The molecule has 0 radical (unpaired) electrons. The van der Waals surface area contributed by atoms with Crippen molar-refractivity contribution < 1.29 is 14.3 Å². The first-order chi connectivity index (χ1) is 15.5. The van der Waals surface area contributed by atoms with Gasteiger partial charge in [0.2, 0.25) is 5.17 Å². The van der Waals surface area contributed by atoms with Crippen molar-refractivity contribution in [1.82, 2.24) is 5.01 Å². The van der Waals surface area contributed by atoms with Gasteiger partial charge in [-0.25, -0.2) is 0 Å². The second-order valence-electron chi connectivity index (χ2n) is 7.31. The minimum atomic E-state index is -0.445. The monoisotopic (exact) mass is 448 g/mol. The first-order valence-corrected chi connectivity index (χ1v) is 11.3. The SMILES string of the molecule is CCCC1=NN2C(=N)/C(=C/c3ccccc3OCCOc3ccc(C)cc3)C(=O)N=C2S1. The van der Waals surface area contributed by atoms with E-state index < -0.39 is 5.91 Å². The van der Waals surface area contributed by atoms with E-state index in [4.69, 9.17) is 14.9 Å². The molecule has 32 heavy (non-hydrogen) atoms. The number of nitrogens with zero attached hydrogens (tertiary/aromatic N) is 3. The molecular formula is C24H24N4O3S. The third-order valence-corrected chi connectivity index (χ3v) is 5.78. The predicted octanol–water partition coefficient (Wildman–Crippen LogP) is 4.87. The van der Waals surface area contributed by atoms with E-state index in [1.807, 2.05) is 55.5 Å². The number of carbonyl (C=O) groups is 1. The molecule has 0 saturated carbocycles. The van der Waals surface area contributed by atoms with Crippen molar-refractivity contribution in [2.24, 2.45) is 10.1 Å². The molecule has 1 N–H and O–H groups in total. The number of ether oxygens (including phenoxy) is 2. The minimum Gasteiger partial charge on any atom is -0.490 e. The number of hydrogen-bond donors (Lipinski definition) is 1. The molecule has 8 heteroatoms. The minimum absolute atomic E-state index is 0.0242. The third kappa shape index (κ3) is 4.91. The van der Waals surface area contributed by atoms with Gasteiger partial charge in [0, 0.05) is 5.56 Å². The van der Waals surface area contributed by atoms with Gasteiger partial charge in [-0.15, -0.1) is 0 Å². The topological polar surface area (TPSA) is 87.3 Å². The molecule has 0 saturated heterocycles. The Balaban J connectivity index is 1.46. The van der Waals surface area contributed by atoms with Crippen molar-refractivity contribution in [3.05, 3.63) is 65.2 Å². The lowest BCUT2D eigenvalue weighted by Crippen LogP contribution is -2.35. The van der Waals surface area contributed by atoms with Crippen LogP contribution in [0.25, 0.3) is 6.08 Å². The number of amides is 1. The van der Waals surface area contributed by atoms with Crippen LogP contribution in [0.1, 0.15) is 30.9 Å². The summed E-state index contributed by atoms with van der Waals surface area (Å²) in [6.07, 6.45) is 3.37. The molecule has 7 nitrogen and oxygen atoms in total. The Morgan fingerprint density at radius 3 is 2.62 bits per heavy atom. The molecule has 0 bridgehead atoms. The molecule has 1 amide bonds. The van der Waals surface area contributed by atoms with Crippen LogP contribution in [0, 0.1) is 12.3 Å². The molecule has 0 spiro atoms. The van der Waals surface area contributed by atoms with Crippen LogP contribution in [-0.2, 0) is 4.79 Å². The van der Waals surface area contributed by atoms with Crippen LogP contribution in [0.4, 0.5) is 0 Å². The number of aryl methyl sites for hydroxylation is 1. The molecule has 2 aliphatic rings. The normalized spacial score (nSPS) is 16.7. The molecule has 0 unspecified atom stereocenters. The number of rotatable bonds is 8. The van der Waals surface area contributed by atoms with Gasteiger partial charge in [0.05, 0.1) is 5.57 Å². The molecule has 2 aromatic carbocycles. The van der Waals surface area contributed by atoms with Gasteiger partial charge in [-0.3, -0.25) is 10.2 Å². The highest BCUT2D eigenvalue weighted by Crippen LogP contribution is 2.31. The van der Waals surface area contributed by atoms with E-state index in [9.17, 15) is 4.79 Å². The van der Waals surface area contributed by atoms with Gasteiger partial charge in [-0.05, 0) is 55.8 Å². The summed E-state index contributed by atoms with van der Waals surface area (Å²) in [6, 6.07) is 15.2. The van der Waals surface area contributed by atoms with Crippen LogP contribution in [-0.4, -0.2) is 40.2 Å². The zero-order valence-electron chi connectivity index (χ0n) is 18.0. The smallest absolute Gasteiger partial charge is 0.283 e. The summed E-state index contributed by atoms with van der Waals surface area (Å²) in [5.74, 6) is 0.972. The van der Waals surface area contributed by atoms with E-state index in [1.165, 1.54) is 22.3 Å². The van der Waals surface area contributed by atoms with Crippen molar-refractivity contribution in [2.45, 2.75) is 26.7 Å². The van der Waals surface area contributed by atoms with E-state index in [0.29, 0.717) is 29.7 Å². The van der Waals surface area contributed by atoms with E-state index in [-0.39, 0.29) is 11.4 Å². The maximum atomic E-state index is 12.6. The number of para-hydroxylation sites is 1. The number of benzene rings is 2. The number of hydrogen-bond acceptors (Lipinski definition) is 6. The molecule has 2 aromatic rings. The number of hydrazone groups is 1. The van der Waals surface area contributed by atoms with Crippen molar-refractivity contribution in [3.8, 4) is 11.5 Å². The second kappa shape index (κ2) is 9.82. The quantitative estimate of drug-likeness (QED) is 0.460. The summed E-state index contributed by atoms with van der Waals surface area (Å²) in [4.78, 5) is 16.8. The van der Waals surface area contributed by atoms with Gasteiger partial charge in [-0.2, -0.15) is 15.1 Å². The lowest BCUT2D eigenvalue weighted by molar-refractivity contribution is -0.114. The van der Waals surface area contributed by atoms with E-state index in [2.05, 4.69) is 17.0 Å². The van der Waals surface area contributed by atoms with Crippen LogP contribution in [0.2, 0.25) is 0 Å². The van der Waals surface area contributed by atoms with Gasteiger partial charge < -0.3 is 9.47 Å². The molecule has 2 heterocycles. The van der Waals surface area contributed by atoms with Crippen molar-refractivity contribution in [1.29, 1.82) is 5.41 Å². The van der Waals surface area contributed by atoms with Crippen molar-refractivity contribution in [3.63, 3.8) is 0 Å². The second-order valence-corrected chi connectivity index (χ2v) is 8.35. The number of nitrogens with one attached hydrogen (secondary N) is 1. The molecule has 2 aliphatic heterocycles. The maximum Gasteiger partial charge on any atom is 0.283 e. The average molecular weight is 449 g/mol. The summed E-state index contributed by atoms with van der Waals surface area (Å²) in [5, 5.41) is 15.7. The molecule has 0 aromatic heterocycles. The van der Waals surface area contributed by atoms with Gasteiger partial charge in [-0.1, -0.05) is 42.8 Å². The fourth-order valence-electron chi connectivity index (χ4n) is 3.18. The number of thioether (sulfide) groups is 1. The highest BCUT2D eigenvalue weighted by atomic mass is 32.2. The fraction of sp³-hybridized carbons (Fsp3) is 0.250. The van der Waals surface area contributed by atoms with Gasteiger partial charge in [0.1, 0.15) is 29.8 Å². The molecule has 0 fully saturated rings. The van der Waals surface area contributed by atoms with Gasteiger partial charge >= 0.3 is 0 Å². The first kappa shape index (κ1) is 21.8. The molecular weight excluding hydrogens is 424 g/mol. The van der Waals surface area contributed by atoms with E-state index in [0.717, 1.165) is 23.6 Å². The van der Waals surface area contributed by atoms with Crippen LogP contribution in [0.15, 0.2) is 64.2 Å². The summed E-state index contributed by atoms with van der Waals surface area (Å²) < 4.78 is 11.6. The van der Waals surface area contributed by atoms with Gasteiger partial charge in [0.25, 0.3) is 5.91 Å². The number of carbonyl (C=O) groups excluding carboxylic acids is 1. The zero-order chi connectivity index (χ0) is 22.5. The van der Waals surface area contributed by atoms with Crippen LogP contribution in [0.3, 0.4) is 0 Å². The summed E-state index contributed by atoms with van der Waals surface area (Å²) in [5.41, 5.74) is 2.05. The van der Waals surface area contributed by atoms with Crippen LogP contribution < -0.4 is 9.47 Å². The zero-order valence-corrected chi connectivity index (χ0v) is 18.8. The molecule has 4 rings (SSSR count). The van der Waals surface area contributed by atoms with Crippen molar-refractivity contribution in [2.75, 3.05) is 13.2 Å². The average Bonchev–Trinajstić information content (AvgIpc) is 3.19. The maximum absolute atomic E-state index is 12.6. The lowest BCUT2D eigenvalue weighted by Gasteiger charge is -2.20. The standard InChI is InChI=1S/C24H24N4O3S/c1-3-6-21-27-28-22(25)19(23(29)26-24(28)32-21)15-17-7-4-5-8-20(17)31-14-13-30-18-11-9-16(2)10-12-18/h4-5,7-12,15,25H,3,6,13-14H2,1-2H3/b19-15-,25-22?. The molecule has 0 atom stereocenters. The largest absolute Gasteiger partial charge is 0.490 e. The Morgan fingerprint density at radius 1 is 1.09 bits per heavy atom. The molecule has 0 aliphatic carbocycles. The highest BCUT2D eigenvalue weighted by Gasteiger charge is 2.35. The summed E-state index contributed by atoms with van der Waals surface area (Å²) in [6.45, 7) is 4.82. The van der Waals surface area contributed by atoms with Crippen LogP contribution in [0.5, 0.6) is 11.5 Å². The Hall–Kier alpha value is -3.39. The highest BCUT2D eigenvalue weighted by molar-refractivity contribution is 8.26. The Kier molecular flexibility index (Phi) is 6.70.